The highest BCUT2D eigenvalue weighted by Gasteiger charge is 2.55. The van der Waals surface area contributed by atoms with E-state index in [1.54, 1.807) is 20.3 Å². The van der Waals surface area contributed by atoms with Crippen LogP contribution < -0.4 is 5.56 Å². The molecule has 1 N–H and O–H groups in total. The molecule has 1 aromatic carbocycles. The maximum Gasteiger partial charge on any atom is 0.255 e. The van der Waals surface area contributed by atoms with Crippen LogP contribution in [0.4, 0.5) is 0 Å². The molecule has 1 saturated heterocycles. The Morgan fingerprint density at radius 3 is 2.39 bits per heavy atom. The van der Waals surface area contributed by atoms with Crippen molar-refractivity contribution in [3.05, 3.63) is 58.5 Å². The normalized spacial score (nSPS) is 22.0. The van der Waals surface area contributed by atoms with Gasteiger partial charge in [-0.05, 0) is 31.2 Å². The Bertz CT molecular complexity index is 1170. The van der Waals surface area contributed by atoms with Crippen LogP contribution in [-0.4, -0.2) is 64.1 Å². The molecule has 2 fully saturated rings. The van der Waals surface area contributed by atoms with Crippen LogP contribution in [0.2, 0.25) is 0 Å². The van der Waals surface area contributed by atoms with Crippen LogP contribution in [0.1, 0.15) is 62.7 Å². The van der Waals surface area contributed by atoms with E-state index in [1.807, 2.05) is 49.1 Å². The molecule has 7 heteroatoms. The van der Waals surface area contributed by atoms with Gasteiger partial charge in [0, 0.05) is 56.3 Å². The van der Waals surface area contributed by atoms with Gasteiger partial charge < -0.3 is 19.5 Å². The lowest BCUT2D eigenvalue weighted by Gasteiger charge is -2.52. The first kappa shape index (κ1) is 26.1. The molecule has 4 rings (SSSR count). The number of amides is 2. The third-order valence-corrected chi connectivity index (χ3v) is 8.46. The van der Waals surface area contributed by atoms with Crippen molar-refractivity contribution in [3.63, 3.8) is 0 Å². The number of aromatic nitrogens is 1. The SMILES string of the molecule is CCC(C)C(=O)N1CCC(O)(Cn2cc(C(=O)N(C)C)c(-c3ccccc3)cc2=O)C2(CCCC2)C1. The Kier molecular flexibility index (Phi) is 7.41. The molecule has 2 aliphatic rings. The van der Waals surface area contributed by atoms with Gasteiger partial charge in [0.1, 0.15) is 0 Å². The molecule has 194 valence electrons. The molecule has 1 aliphatic heterocycles. The minimum Gasteiger partial charge on any atom is -0.387 e. The number of carbonyl (C=O) groups excluding carboxylic acids is 2. The van der Waals surface area contributed by atoms with Gasteiger partial charge in [0.2, 0.25) is 5.91 Å². The van der Waals surface area contributed by atoms with Crippen LogP contribution >= 0.6 is 0 Å². The molecule has 0 bridgehead atoms. The van der Waals surface area contributed by atoms with Crippen molar-refractivity contribution in [1.29, 1.82) is 0 Å². The lowest BCUT2D eigenvalue weighted by Crippen LogP contribution is -2.62. The maximum atomic E-state index is 13.3. The lowest BCUT2D eigenvalue weighted by molar-refractivity contribution is -0.163. The fraction of sp³-hybridized carbons (Fsp3) is 0.552. The van der Waals surface area contributed by atoms with Crippen LogP contribution in [0.3, 0.4) is 0 Å². The van der Waals surface area contributed by atoms with Gasteiger partial charge in [-0.25, -0.2) is 0 Å². The largest absolute Gasteiger partial charge is 0.387 e. The van der Waals surface area contributed by atoms with Gasteiger partial charge in [0.15, 0.2) is 0 Å². The van der Waals surface area contributed by atoms with E-state index < -0.39 is 11.0 Å². The summed E-state index contributed by atoms with van der Waals surface area (Å²) in [5.74, 6) is -0.0874. The second-order valence-electron chi connectivity index (χ2n) is 11.0. The van der Waals surface area contributed by atoms with Crippen LogP contribution in [0.5, 0.6) is 0 Å². The number of aliphatic hydroxyl groups is 1. The molecule has 2 amide bonds. The Hall–Kier alpha value is -2.93. The highest BCUT2D eigenvalue weighted by molar-refractivity contribution is 6.00. The van der Waals surface area contributed by atoms with Gasteiger partial charge >= 0.3 is 0 Å². The van der Waals surface area contributed by atoms with Crippen LogP contribution in [0, 0.1) is 11.3 Å². The smallest absolute Gasteiger partial charge is 0.255 e. The number of rotatable bonds is 6. The fourth-order valence-corrected chi connectivity index (χ4v) is 6.02. The molecule has 2 heterocycles. The molecular weight excluding hydrogens is 454 g/mol. The summed E-state index contributed by atoms with van der Waals surface area (Å²) in [5, 5.41) is 12.1. The van der Waals surface area contributed by atoms with Gasteiger partial charge in [0.25, 0.3) is 11.5 Å². The molecule has 7 nitrogen and oxygen atoms in total. The first-order valence-electron chi connectivity index (χ1n) is 13.1. The van der Waals surface area contributed by atoms with Crippen molar-refractivity contribution in [2.75, 3.05) is 27.2 Å². The second-order valence-corrected chi connectivity index (χ2v) is 11.0. The Balaban J connectivity index is 1.72. The first-order chi connectivity index (χ1) is 17.1. The van der Waals surface area contributed by atoms with Gasteiger partial charge in [0.05, 0.1) is 17.7 Å². The van der Waals surface area contributed by atoms with Crippen molar-refractivity contribution < 1.29 is 14.7 Å². The van der Waals surface area contributed by atoms with Crippen molar-refractivity contribution in [2.24, 2.45) is 11.3 Å². The zero-order valence-corrected chi connectivity index (χ0v) is 22.0. The number of carbonyl (C=O) groups is 2. The molecule has 2 atom stereocenters. The van der Waals surface area contributed by atoms with Gasteiger partial charge in [-0.1, -0.05) is 57.0 Å². The Morgan fingerprint density at radius 2 is 1.78 bits per heavy atom. The molecule has 2 aromatic rings. The van der Waals surface area contributed by atoms with Crippen molar-refractivity contribution in [1.82, 2.24) is 14.4 Å². The highest BCUT2D eigenvalue weighted by Crippen LogP contribution is 2.51. The van der Waals surface area contributed by atoms with Crippen molar-refractivity contribution >= 4 is 11.8 Å². The van der Waals surface area contributed by atoms with Gasteiger partial charge in [-0.3, -0.25) is 14.4 Å². The summed E-state index contributed by atoms with van der Waals surface area (Å²) in [5.41, 5.74) is -0.00542. The Labute approximate surface area is 213 Å². The molecule has 1 saturated carbocycles. The number of benzene rings is 1. The number of likely N-dealkylation sites (tertiary alicyclic amines) is 1. The third kappa shape index (κ3) is 4.73. The zero-order valence-electron chi connectivity index (χ0n) is 22.0. The van der Waals surface area contributed by atoms with Crippen LogP contribution in [0.15, 0.2) is 47.4 Å². The highest BCUT2D eigenvalue weighted by atomic mass is 16.3. The van der Waals surface area contributed by atoms with Crippen molar-refractivity contribution in [3.8, 4) is 11.1 Å². The first-order valence-corrected chi connectivity index (χ1v) is 13.1. The summed E-state index contributed by atoms with van der Waals surface area (Å²) in [6, 6.07) is 10.9. The summed E-state index contributed by atoms with van der Waals surface area (Å²) in [6.07, 6.45) is 6.48. The van der Waals surface area contributed by atoms with E-state index in [-0.39, 0.29) is 29.8 Å². The summed E-state index contributed by atoms with van der Waals surface area (Å²) >= 11 is 0. The van der Waals surface area contributed by atoms with E-state index in [0.717, 1.165) is 37.7 Å². The molecular formula is C29H39N3O4. The molecule has 1 aliphatic carbocycles. The van der Waals surface area contributed by atoms with E-state index >= 15 is 0 Å². The summed E-state index contributed by atoms with van der Waals surface area (Å²) < 4.78 is 1.51. The number of pyridine rings is 1. The molecule has 0 radical (unpaired) electrons. The van der Waals surface area contributed by atoms with Crippen LogP contribution in [0.25, 0.3) is 11.1 Å². The van der Waals surface area contributed by atoms with E-state index in [1.165, 1.54) is 15.5 Å². The predicted molar refractivity (Wildman–Crippen MR) is 141 cm³/mol. The Morgan fingerprint density at radius 1 is 1.11 bits per heavy atom. The van der Waals surface area contributed by atoms with E-state index in [4.69, 9.17) is 0 Å². The molecule has 36 heavy (non-hydrogen) atoms. The number of hydrogen-bond donors (Lipinski definition) is 1. The van der Waals surface area contributed by atoms with E-state index in [2.05, 4.69) is 0 Å². The summed E-state index contributed by atoms with van der Waals surface area (Å²) in [6.45, 7) is 5.09. The zero-order chi connectivity index (χ0) is 26.1. The fourth-order valence-electron chi connectivity index (χ4n) is 6.02. The topological polar surface area (TPSA) is 82.8 Å². The molecule has 1 aromatic heterocycles. The average Bonchev–Trinajstić information content (AvgIpc) is 3.36. The number of piperidine rings is 1. The molecule has 2 unspecified atom stereocenters. The van der Waals surface area contributed by atoms with Crippen molar-refractivity contribution in [2.45, 2.75) is 64.5 Å². The summed E-state index contributed by atoms with van der Waals surface area (Å²) in [7, 11) is 3.38. The van der Waals surface area contributed by atoms with Crippen LogP contribution in [-0.2, 0) is 11.3 Å². The van der Waals surface area contributed by atoms with Gasteiger partial charge in [-0.15, -0.1) is 0 Å². The summed E-state index contributed by atoms with van der Waals surface area (Å²) in [4.78, 5) is 42.9. The number of hydrogen-bond acceptors (Lipinski definition) is 4. The van der Waals surface area contributed by atoms with E-state index in [9.17, 15) is 19.5 Å². The van der Waals surface area contributed by atoms with Gasteiger partial charge in [-0.2, -0.15) is 0 Å². The second kappa shape index (κ2) is 10.2. The maximum absolute atomic E-state index is 13.3. The minimum absolute atomic E-state index is 0.0394. The quantitative estimate of drug-likeness (QED) is 0.664. The molecule has 1 spiro atoms. The minimum atomic E-state index is -1.13. The third-order valence-electron chi connectivity index (χ3n) is 8.46. The monoisotopic (exact) mass is 493 g/mol. The predicted octanol–water partition coefficient (Wildman–Crippen LogP) is 3.79. The van der Waals surface area contributed by atoms with E-state index in [0.29, 0.717) is 30.6 Å². The lowest BCUT2D eigenvalue weighted by atomic mass is 9.65. The number of nitrogens with zero attached hydrogens (tertiary/aromatic N) is 3. The standard InChI is InChI=1S/C29H39N3O4/c1-5-21(2)26(34)31-16-15-29(36,28(19-31)13-9-10-14-28)20-32-18-24(27(35)30(3)4)23(17-25(32)33)22-11-7-6-8-12-22/h6-8,11-12,17-18,21,36H,5,9-10,13-16,19-20H2,1-4H3. The average molecular weight is 494 g/mol.